The molecule has 0 unspecified atom stereocenters. The Morgan fingerprint density at radius 1 is 1.17 bits per heavy atom. The zero-order valence-corrected chi connectivity index (χ0v) is 16.1. The molecule has 0 atom stereocenters. The summed E-state index contributed by atoms with van der Waals surface area (Å²) < 4.78 is 47.4. The average Bonchev–Trinajstić information content (AvgIpc) is 3.38. The average molecular weight is 413 g/mol. The van der Waals surface area contributed by atoms with Crippen molar-refractivity contribution >= 4 is 17.2 Å². The van der Waals surface area contributed by atoms with Gasteiger partial charge in [-0.05, 0) is 36.2 Å². The molecule has 154 valence electrons. The molecule has 5 nitrogen and oxygen atoms in total. The number of rotatable bonds is 6. The van der Waals surface area contributed by atoms with E-state index in [1.807, 2.05) is 35.0 Å². The first-order valence-corrected chi connectivity index (χ1v) is 9.48. The fraction of sp³-hybridized carbons (Fsp3) is 0.227. The van der Waals surface area contributed by atoms with Crippen molar-refractivity contribution in [2.75, 3.05) is 0 Å². The van der Waals surface area contributed by atoms with E-state index in [2.05, 4.69) is 10.1 Å². The predicted molar refractivity (Wildman–Crippen MR) is 106 cm³/mol. The van der Waals surface area contributed by atoms with Crippen LogP contribution in [-0.4, -0.2) is 21.0 Å². The van der Waals surface area contributed by atoms with Gasteiger partial charge in [0.1, 0.15) is 6.29 Å². The van der Waals surface area contributed by atoms with E-state index in [0.29, 0.717) is 18.5 Å². The molecule has 2 heterocycles. The van der Waals surface area contributed by atoms with E-state index in [-0.39, 0.29) is 29.3 Å². The van der Waals surface area contributed by atoms with Crippen molar-refractivity contribution in [3.8, 4) is 22.8 Å². The minimum atomic E-state index is -4.46. The third-order valence-corrected chi connectivity index (χ3v) is 5.01. The van der Waals surface area contributed by atoms with Gasteiger partial charge in [0.25, 0.3) is 5.89 Å². The van der Waals surface area contributed by atoms with Gasteiger partial charge in [-0.2, -0.15) is 18.2 Å². The third-order valence-electron chi connectivity index (χ3n) is 5.01. The molecule has 4 rings (SSSR count). The molecule has 0 aliphatic heterocycles. The van der Waals surface area contributed by atoms with Crippen LogP contribution in [0.15, 0.2) is 53.2 Å². The first kappa shape index (κ1) is 19.9. The van der Waals surface area contributed by atoms with Gasteiger partial charge in [0.05, 0.1) is 5.56 Å². The van der Waals surface area contributed by atoms with Crippen molar-refractivity contribution in [3.05, 3.63) is 59.8 Å². The van der Waals surface area contributed by atoms with Crippen LogP contribution in [0.4, 0.5) is 13.2 Å². The normalized spacial score (nSPS) is 11.9. The standard InChI is InChI=1S/C22H18F3N3O2/c1-2-14-7-8-15(13-18(14)22(23,24)25)21-26-20(27-30-21)17-5-3-6-19-16(17)9-11-28(19)10-4-12-29/h3,5-9,11-13H,2,4,10H2,1H3. The number of carbonyl (C=O) groups excluding carboxylic acids is 1. The SMILES string of the molecule is CCc1ccc(-c2nc(-c3cccc4c3ccn4CCC=O)no2)cc1C(F)(F)F. The molecule has 0 N–H and O–H groups in total. The number of aryl methyl sites for hydroxylation is 2. The number of benzene rings is 2. The van der Waals surface area contributed by atoms with Crippen molar-refractivity contribution < 1.29 is 22.5 Å². The van der Waals surface area contributed by atoms with E-state index in [9.17, 15) is 18.0 Å². The number of halogens is 3. The highest BCUT2D eigenvalue weighted by atomic mass is 19.4. The van der Waals surface area contributed by atoms with E-state index < -0.39 is 11.7 Å². The Morgan fingerprint density at radius 3 is 2.73 bits per heavy atom. The third kappa shape index (κ3) is 3.60. The van der Waals surface area contributed by atoms with Crippen LogP contribution in [0.25, 0.3) is 33.7 Å². The van der Waals surface area contributed by atoms with Crippen LogP contribution in [0.5, 0.6) is 0 Å². The van der Waals surface area contributed by atoms with E-state index in [0.717, 1.165) is 23.3 Å². The molecular weight excluding hydrogens is 395 g/mol. The highest BCUT2D eigenvalue weighted by Crippen LogP contribution is 2.36. The van der Waals surface area contributed by atoms with Gasteiger partial charge in [-0.3, -0.25) is 0 Å². The Hall–Kier alpha value is -3.42. The van der Waals surface area contributed by atoms with E-state index in [4.69, 9.17) is 4.52 Å². The Kier molecular flexibility index (Phi) is 5.15. The minimum absolute atomic E-state index is 0.0237. The fourth-order valence-corrected chi connectivity index (χ4v) is 3.54. The van der Waals surface area contributed by atoms with Crippen molar-refractivity contribution in [3.63, 3.8) is 0 Å². The van der Waals surface area contributed by atoms with Crippen molar-refractivity contribution in [2.45, 2.75) is 32.5 Å². The van der Waals surface area contributed by atoms with Gasteiger partial charge in [-0.15, -0.1) is 0 Å². The second-order valence-electron chi connectivity index (χ2n) is 6.85. The molecule has 0 spiro atoms. The van der Waals surface area contributed by atoms with Gasteiger partial charge >= 0.3 is 6.18 Å². The maximum Gasteiger partial charge on any atom is 0.416 e. The van der Waals surface area contributed by atoms with Crippen LogP contribution in [0.2, 0.25) is 0 Å². The summed E-state index contributed by atoms with van der Waals surface area (Å²) in [5.74, 6) is 0.312. The first-order valence-electron chi connectivity index (χ1n) is 9.48. The predicted octanol–water partition coefficient (Wildman–Crippen LogP) is 5.53. The van der Waals surface area contributed by atoms with Crippen LogP contribution in [0.1, 0.15) is 24.5 Å². The molecule has 0 bridgehead atoms. The van der Waals surface area contributed by atoms with Crippen LogP contribution < -0.4 is 0 Å². The molecule has 2 aromatic carbocycles. The molecule has 8 heteroatoms. The Balaban J connectivity index is 1.74. The highest BCUT2D eigenvalue weighted by Gasteiger charge is 2.33. The number of alkyl halides is 3. The largest absolute Gasteiger partial charge is 0.416 e. The zero-order chi connectivity index (χ0) is 21.3. The number of aldehydes is 1. The summed E-state index contributed by atoms with van der Waals surface area (Å²) >= 11 is 0. The Morgan fingerprint density at radius 2 is 2.00 bits per heavy atom. The summed E-state index contributed by atoms with van der Waals surface area (Å²) in [6, 6.07) is 11.5. The van der Waals surface area contributed by atoms with Crippen LogP contribution in [0, 0.1) is 0 Å². The topological polar surface area (TPSA) is 60.9 Å². The summed E-state index contributed by atoms with van der Waals surface area (Å²) in [6.45, 7) is 2.23. The molecule has 0 fully saturated rings. The maximum atomic E-state index is 13.4. The summed E-state index contributed by atoms with van der Waals surface area (Å²) in [5.41, 5.74) is 1.35. The molecule has 2 aromatic heterocycles. The lowest BCUT2D eigenvalue weighted by atomic mass is 10.0. The van der Waals surface area contributed by atoms with E-state index >= 15 is 0 Å². The number of hydrogen-bond donors (Lipinski definition) is 0. The molecule has 0 saturated carbocycles. The van der Waals surface area contributed by atoms with Gasteiger partial charge < -0.3 is 13.9 Å². The molecule has 0 aliphatic carbocycles. The van der Waals surface area contributed by atoms with Crippen LogP contribution >= 0.6 is 0 Å². The second kappa shape index (κ2) is 7.78. The van der Waals surface area contributed by atoms with Gasteiger partial charge in [0, 0.05) is 41.2 Å². The molecule has 4 aromatic rings. The molecule has 0 radical (unpaired) electrons. The summed E-state index contributed by atoms with van der Waals surface area (Å²) in [6.07, 6.45) is -1.05. The number of carbonyl (C=O) groups is 1. The molecule has 30 heavy (non-hydrogen) atoms. The number of hydrogen-bond acceptors (Lipinski definition) is 4. The Labute approximate surface area is 170 Å². The van der Waals surface area contributed by atoms with Crippen molar-refractivity contribution in [1.29, 1.82) is 0 Å². The van der Waals surface area contributed by atoms with E-state index in [1.165, 1.54) is 6.07 Å². The molecule has 0 saturated heterocycles. The van der Waals surface area contributed by atoms with Crippen LogP contribution in [-0.2, 0) is 23.9 Å². The fourth-order valence-electron chi connectivity index (χ4n) is 3.54. The molecule has 0 aliphatic rings. The van der Waals surface area contributed by atoms with E-state index in [1.54, 1.807) is 13.0 Å². The number of nitrogens with zero attached hydrogens (tertiary/aromatic N) is 3. The number of fused-ring (bicyclic) bond motifs is 1. The van der Waals surface area contributed by atoms with Crippen molar-refractivity contribution in [2.24, 2.45) is 0 Å². The zero-order valence-electron chi connectivity index (χ0n) is 16.1. The lowest BCUT2D eigenvalue weighted by Gasteiger charge is -2.12. The first-order chi connectivity index (χ1) is 14.4. The summed E-state index contributed by atoms with van der Waals surface area (Å²) in [7, 11) is 0. The second-order valence-corrected chi connectivity index (χ2v) is 6.85. The monoisotopic (exact) mass is 413 g/mol. The molecule has 0 amide bonds. The van der Waals surface area contributed by atoms with Gasteiger partial charge in [-0.25, -0.2) is 0 Å². The van der Waals surface area contributed by atoms with Gasteiger partial charge in [-0.1, -0.05) is 30.3 Å². The quantitative estimate of drug-likeness (QED) is 0.390. The van der Waals surface area contributed by atoms with Crippen molar-refractivity contribution in [1.82, 2.24) is 14.7 Å². The highest BCUT2D eigenvalue weighted by molar-refractivity contribution is 5.94. The van der Waals surface area contributed by atoms with Crippen LogP contribution in [0.3, 0.4) is 0 Å². The minimum Gasteiger partial charge on any atom is -0.347 e. The summed E-state index contributed by atoms with van der Waals surface area (Å²) in [4.78, 5) is 15.0. The lowest BCUT2D eigenvalue weighted by Crippen LogP contribution is -2.09. The Bertz CT molecular complexity index is 1210. The lowest BCUT2D eigenvalue weighted by molar-refractivity contribution is -0.138. The van der Waals surface area contributed by atoms with Gasteiger partial charge in [0.15, 0.2) is 0 Å². The molecular formula is C22H18F3N3O2. The smallest absolute Gasteiger partial charge is 0.347 e. The number of aromatic nitrogens is 3. The maximum absolute atomic E-state index is 13.4. The summed E-state index contributed by atoms with van der Waals surface area (Å²) in [5, 5.41) is 4.85. The van der Waals surface area contributed by atoms with Gasteiger partial charge in [0.2, 0.25) is 5.82 Å².